The van der Waals surface area contributed by atoms with Gasteiger partial charge in [-0.1, -0.05) is 32.1 Å². The minimum atomic E-state index is -2.86. The van der Waals surface area contributed by atoms with Crippen LogP contribution < -0.4 is 10.6 Å². The zero-order chi connectivity index (χ0) is 16.0. The van der Waals surface area contributed by atoms with Crippen molar-refractivity contribution in [3.8, 4) is 0 Å². The highest BCUT2D eigenvalue weighted by atomic mass is 32.2. The summed E-state index contributed by atoms with van der Waals surface area (Å²) in [7, 11) is -2.86. The Bertz CT molecular complexity index is 458. The number of nitrogens with one attached hydrogen (secondary N) is 2. The van der Waals surface area contributed by atoms with E-state index in [0.29, 0.717) is 13.0 Å². The van der Waals surface area contributed by atoms with Gasteiger partial charge in [0.05, 0.1) is 11.5 Å². The highest BCUT2D eigenvalue weighted by molar-refractivity contribution is 7.91. The first-order valence-corrected chi connectivity index (χ1v) is 10.5. The summed E-state index contributed by atoms with van der Waals surface area (Å²) in [4.78, 5) is 11.9. The zero-order valence-electron chi connectivity index (χ0n) is 13.6. The van der Waals surface area contributed by atoms with Crippen molar-refractivity contribution in [2.75, 3.05) is 18.1 Å². The minimum absolute atomic E-state index is 0.0771. The number of rotatable bonds is 6. The maximum atomic E-state index is 11.9. The van der Waals surface area contributed by atoms with Crippen molar-refractivity contribution in [2.24, 2.45) is 11.8 Å². The predicted molar refractivity (Wildman–Crippen MR) is 88.6 cm³/mol. The van der Waals surface area contributed by atoms with Crippen LogP contribution in [0, 0.1) is 11.8 Å². The molecule has 6 heteroatoms. The monoisotopic (exact) mass is 330 g/mol. The van der Waals surface area contributed by atoms with Crippen LogP contribution >= 0.6 is 0 Å². The van der Waals surface area contributed by atoms with Crippen LogP contribution in [-0.2, 0) is 9.84 Å². The van der Waals surface area contributed by atoms with E-state index < -0.39 is 9.84 Å². The number of carbonyl (C=O) groups excluding carboxylic acids is 1. The van der Waals surface area contributed by atoms with Gasteiger partial charge in [0.25, 0.3) is 0 Å². The summed E-state index contributed by atoms with van der Waals surface area (Å²) < 4.78 is 22.7. The number of hydrogen-bond donors (Lipinski definition) is 2. The average Bonchev–Trinajstić information content (AvgIpc) is 2.83. The maximum Gasteiger partial charge on any atom is 0.315 e. The van der Waals surface area contributed by atoms with E-state index in [2.05, 4.69) is 10.6 Å². The Hall–Kier alpha value is -0.780. The van der Waals surface area contributed by atoms with Crippen molar-refractivity contribution in [2.45, 2.75) is 64.3 Å². The average molecular weight is 330 g/mol. The van der Waals surface area contributed by atoms with Crippen LogP contribution in [0.3, 0.4) is 0 Å². The lowest BCUT2D eigenvalue weighted by Crippen LogP contribution is -2.42. The van der Waals surface area contributed by atoms with Gasteiger partial charge >= 0.3 is 6.03 Å². The van der Waals surface area contributed by atoms with Crippen molar-refractivity contribution >= 4 is 15.9 Å². The summed E-state index contributed by atoms with van der Waals surface area (Å²) in [6.45, 7) is 2.50. The molecule has 5 nitrogen and oxygen atoms in total. The molecule has 1 saturated heterocycles. The predicted octanol–water partition coefficient (Wildman–Crippen LogP) is 2.47. The maximum absolute atomic E-state index is 11.9. The third kappa shape index (κ3) is 6.15. The molecule has 0 bridgehead atoms. The fourth-order valence-corrected chi connectivity index (χ4v) is 5.44. The fourth-order valence-electron chi connectivity index (χ4n) is 3.58. The van der Waals surface area contributed by atoms with E-state index in [-0.39, 0.29) is 29.5 Å². The molecule has 2 amide bonds. The van der Waals surface area contributed by atoms with Crippen LogP contribution in [0.4, 0.5) is 4.79 Å². The Morgan fingerprint density at radius 3 is 2.50 bits per heavy atom. The van der Waals surface area contributed by atoms with Crippen LogP contribution in [0.5, 0.6) is 0 Å². The molecule has 2 rings (SSSR count). The largest absolute Gasteiger partial charge is 0.338 e. The molecule has 0 aromatic carbocycles. The van der Waals surface area contributed by atoms with E-state index in [0.717, 1.165) is 12.3 Å². The fraction of sp³-hybridized carbons (Fsp3) is 0.938. The molecule has 128 valence electrons. The summed E-state index contributed by atoms with van der Waals surface area (Å²) in [6.07, 6.45) is 9.67. The second-order valence-electron chi connectivity index (χ2n) is 7.11. The molecule has 1 aliphatic carbocycles. The summed E-state index contributed by atoms with van der Waals surface area (Å²) in [5, 5.41) is 5.78. The molecule has 2 atom stereocenters. The molecular formula is C16H30N2O3S. The molecule has 0 aromatic rings. The minimum Gasteiger partial charge on any atom is -0.338 e. The molecule has 22 heavy (non-hydrogen) atoms. The summed E-state index contributed by atoms with van der Waals surface area (Å²) in [5.74, 6) is 1.39. The van der Waals surface area contributed by atoms with E-state index >= 15 is 0 Å². The van der Waals surface area contributed by atoms with Crippen molar-refractivity contribution in [1.82, 2.24) is 10.6 Å². The topological polar surface area (TPSA) is 75.3 Å². The number of urea groups is 1. The Balaban J connectivity index is 1.57. The molecule has 1 saturated carbocycles. The quantitative estimate of drug-likeness (QED) is 0.785. The van der Waals surface area contributed by atoms with Gasteiger partial charge in [-0.05, 0) is 38.0 Å². The molecule has 0 radical (unpaired) electrons. The standard InChI is InChI=1S/C16H30N2O3S/c1-13(7-8-14-5-3-2-4-6-14)18-16(19)17-11-15-9-10-22(20,21)12-15/h13-15H,2-12H2,1H3,(H2,17,18,19)/t13-,15-/m1/s1. The van der Waals surface area contributed by atoms with E-state index in [1.54, 1.807) is 0 Å². The van der Waals surface area contributed by atoms with Crippen molar-refractivity contribution in [3.63, 3.8) is 0 Å². The first-order chi connectivity index (χ1) is 10.4. The van der Waals surface area contributed by atoms with Gasteiger partial charge in [-0.3, -0.25) is 0 Å². The summed E-state index contributed by atoms with van der Waals surface area (Å²) in [5.41, 5.74) is 0. The Morgan fingerprint density at radius 1 is 1.14 bits per heavy atom. The highest BCUT2D eigenvalue weighted by Crippen LogP contribution is 2.27. The molecule has 1 aliphatic heterocycles. The lowest BCUT2D eigenvalue weighted by atomic mass is 9.85. The number of amides is 2. The smallest absolute Gasteiger partial charge is 0.315 e. The lowest BCUT2D eigenvalue weighted by molar-refractivity contribution is 0.234. The molecule has 2 aliphatic rings. The van der Waals surface area contributed by atoms with Gasteiger partial charge in [0, 0.05) is 12.6 Å². The van der Waals surface area contributed by atoms with Crippen molar-refractivity contribution in [1.29, 1.82) is 0 Å². The molecule has 1 heterocycles. The normalized spacial score (nSPS) is 26.5. The van der Waals surface area contributed by atoms with E-state index in [4.69, 9.17) is 0 Å². The van der Waals surface area contributed by atoms with Gasteiger partial charge in [0.15, 0.2) is 9.84 Å². The van der Waals surface area contributed by atoms with Gasteiger partial charge in [0.1, 0.15) is 0 Å². The number of hydrogen-bond acceptors (Lipinski definition) is 3. The summed E-state index contributed by atoms with van der Waals surface area (Å²) in [6, 6.07) is 0.00896. The Kier molecular flexibility index (Phi) is 6.53. The first-order valence-electron chi connectivity index (χ1n) is 8.69. The number of carbonyl (C=O) groups is 1. The van der Waals surface area contributed by atoms with Crippen LogP contribution in [0.15, 0.2) is 0 Å². The summed E-state index contributed by atoms with van der Waals surface area (Å²) >= 11 is 0. The van der Waals surface area contributed by atoms with E-state index in [9.17, 15) is 13.2 Å². The molecule has 0 unspecified atom stereocenters. The zero-order valence-corrected chi connectivity index (χ0v) is 14.5. The van der Waals surface area contributed by atoms with Crippen LogP contribution in [-0.4, -0.2) is 38.5 Å². The van der Waals surface area contributed by atoms with Gasteiger partial charge in [-0.15, -0.1) is 0 Å². The van der Waals surface area contributed by atoms with Gasteiger partial charge < -0.3 is 10.6 Å². The third-order valence-electron chi connectivity index (χ3n) is 4.99. The van der Waals surface area contributed by atoms with Gasteiger partial charge in [-0.25, -0.2) is 13.2 Å². The Labute approximate surface area is 134 Å². The second kappa shape index (κ2) is 8.18. The van der Waals surface area contributed by atoms with E-state index in [1.165, 1.54) is 38.5 Å². The molecule has 2 fully saturated rings. The van der Waals surface area contributed by atoms with Crippen LogP contribution in [0.1, 0.15) is 58.3 Å². The Morgan fingerprint density at radius 2 is 1.86 bits per heavy atom. The lowest BCUT2D eigenvalue weighted by Gasteiger charge is -2.23. The number of sulfone groups is 1. The first kappa shape index (κ1) is 17.6. The SMILES string of the molecule is C[C@H](CCC1CCCCC1)NC(=O)NC[C@H]1CCS(=O)(=O)C1. The molecule has 0 spiro atoms. The molecule has 0 aromatic heterocycles. The third-order valence-corrected chi connectivity index (χ3v) is 6.83. The second-order valence-corrected chi connectivity index (χ2v) is 9.33. The highest BCUT2D eigenvalue weighted by Gasteiger charge is 2.28. The van der Waals surface area contributed by atoms with Crippen molar-refractivity contribution < 1.29 is 13.2 Å². The van der Waals surface area contributed by atoms with Gasteiger partial charge in [-0.2, -0.15) is 0 Å². The van der Waals surface area contributed by atoms with Gasteiger partial charge in [0.2, 0.25) is 0 Å². The van der Waals surface area contributed by atoms with Crippen molar-refractivity contribution in [3.05, 3.63) is 0 Å². The van der Waals surface area contributed by atoms with E-state index in [1.807, 2.05) is 6.92 Å². The molecule has 2 N–H and O–H groups in total. The van der Waals surface area contributed by atoms with Crippen LogP contribution in [0.25, 0.3) is 0 Å². The van der Waals surface area contributed by atoms with Crippen LogP contribution in [0.2, 0.25) is 0 Å². The molecular weight excluding hydrogens is 300 g/mol.